The number of carbonyl (C=O) groups is 2. The Balaban J connectivity index is 1.37. The van der Waals surface area contributed by atoms with Gasteiger partial charge >= 0.3 is 11.9 Å². The molecule has 0 aliphatic carbocycles. The standard InChI is InChI=1S/C38H38N2O11S/c1-6-45-29-15-23(9-12-26(29)48-19-24-10-13-28-30(16-24)51-21-50-28)17-32-36(42)40-35(34(37(43)47-8-3)22(4)39-38(40)52-32)25-11-14-27(31(18-25)46-7-2)49-20-33(41)44-5/h9-18,35H,6-8,19-21H2,1-5H3/b32-17-/t35-/m0/s1. The van der Waals surface area contributed by atoms with E-state index < -0.39 is 18.0 Å². The van der Waals surface area contributed by atoms with Crippen LogP contribution < -0.4 is 43.3 Å². The predicted molar refractivity (Wildman–Crippen MR) is 190 cm³/mol. The van der Waals surface area contributed by atoms with Crippen molar-refractivity contribution in [3.8, 4) is 34.5 Å². The van der Waals surface area contributed by atoms with Crippen LogP contribution in [0.25, 0.3) is 6.08 Å². The van der Waals surface area contributed by atoms with Crippen molar-refractivity contribution < 1.29 is 47.5 Å². The van der Waals surface area contributed by atoms with Crippen molar-refractivity contribution >= 4 is 29.4 Å². The number of allylic oxidation sites excluding steroid dienone is 1. The van der Waals surface area contributed by atoms with Crippen LogP contribution in [0.1, 0.15) is 50.4 Å². The Morgan fingerprint density at radius 2 is 1.62 bits per heavy atom. The number of thiazole rings is 1. The van der Waals surface area contributed by atoms with Gasteiger partial charge in [-0.15, -0.1) is 0 Å². The second kappa shape index (κ2) is 16.1. The summed E-state index contributed by atoms with van der Waals surface area (Å²) < 4.78 is 46.4. The van der Waals surface area contributed by atoms with Gasteiger partial charge in [-0.2, -0.15) is 0 Å². The van der Waals surface area contributed by atoms with Crippen LogP contribution in [0.15, 0.2) is 75.7 Å². The highest BCUT2D eigenvalue weighted by molar-refractivity contribution is 7.07. The molecule has 272 valence electrons. The first kappa shape index (κ1) is 36.0. The summed E-state index contributed by atoms with van der Waals surface area (Å²) in [4.78, 5) is 44.5. The summed E-state index contributed by atoms with van der Waals surface area (Å²) in [5.74, 6) is 1.90. The molecule has 0 saturated heterocycles. The fourth-order valence-electron chi connectivity index (χ4n) is 5.73. The molecule has 6 rings (SSSR count). The number of hydrogen-bond acceptors (Lipinski definition) is 13. The molecule has 0 spiro atoms. The number of methoxy groups -OCH3 is 1. The Morgan fingerprint density at radius 3 is 2.37 bits per heavy atom. The van der Waals surface area contributed by atoms with Crippen LogP contribution in [0.2, 0.25) is 0 Å². The number of rotatable bonds is 14. The molecule has 0 fully saturated rings. The zero-order valence-corrected chi connectivity index (χ0v) is 30.2. The summed E-state index contributed by atoms with van der Waals surface area (Å²) in [7, 11) is 1.27. The molecule has 2 aliphatic rings. The zero-order chi connectivity index (χ0) is 36.8. The van der Waals surface area contributed by atoms with Gasteiger partial charge in [0, 0.05) is 0 Å². The van der Waals surface area contributed by atoms with Gasteiger partial charge in [0.05, 0.1) is 48.8 Å². The van der Waals surface area contributed by atoms with Crippen LogP contribution in [0, 0.1) is 0 Å². The molecule has 13 nitrogen and oxygen atoms in total. The van der Waals surface area contributed by atoms with Gasteiger partial charge in [-0.1, -0.05) is 29.5 Å². The van der Waals surface area contributed by atoms with Gasteiger partial charge in [0.1, 0.15) is 6.61 Å². The highest BCUT2D eigenvalue weighted by Gasteiger charge is 2.34. The smallest absolute Gasteiger partial charge is 0.343 e. The molecule has 4 aromatic rings. The van der Waals surface area contributed by atoms with E-state index in [0.717, 1.165) is 5.56 Å². The Morgan fingerprint density at radius 1 is 0.885 bits per heavy atom. The maximum atomic E-state index is 14.3. The van der Waals surface area contributed by atoms with Gasteiger partial charge < -0.3 is 37.9 Å². The molecule has 0 radical (unpaired) electrons. The fourth-order valence-corrected chi connectivity index (χ4v) is 6.78. The monoisotopic (exact) mass is 730 g/mol. The number of aromatic nitrogens is 1. The van der Waals surface area contributed by atoms with E-state index in [4.69, 9.17) is 37.9 Å². The van der Waals surface area contributed by atoms with E-state index in [2.05, 4.69) is 4.99 Å². The van der Waals surface area contributed by atoms with Crippen LogP contribution in [-0.4, -0.2) is 56.8 Å². The van der Waals surface area contributed by atoms with Crippen molar-refractivity contribution in [2.75, 3.05) is 40.3 Å². The highest BCUT2D eigenvalue weighted by atomic mass is 32.1. The van der Waals surface area contributed by atoms with Gasteiger partial charge in [-0.25, -0.2) is 14.6 Å². The maximum Gasteiger partial charge on any atom is 0.343 e. The lowest BCUT2D eigenvalue weighted by Gasteiger charge is -2.25. The van der Waals surface area contributed by atoms with E-state index in [1.54, 1.807) is 44.2 Å². The zero-order valence-electron chi connectivity index (χ0n) is 29.4. The molecule has 0 bridgehead atoms. The van der Waals surface area contributed by atoms with Crippen LogP contribution in [0.5, 0.6) is 34.5 Å². The average Bonchev–Trinajstić information content (AvgIpc) is 3.73. The third-order valence-corrected chi connectivity index (χ3v) is 9.05. The first-order valence-corrected chi connectivity index (χ1v) is 17.5. The highest BCUT2D eigenvalue weighted by Crippen LogP contribution is 2.37. The van der Waals surface area contributed by atoms with Crippen molar-refractivity contribution in [1.29, 1.82) is 0 Å². The summed E-state index contributed by atoms with van der Waals surface area (Å²) in [5, 5.41) is 0. The summed E-state index contributed by atoms with van der Waals surface area (Å²) in [5.41, 5.74) is 2.44. The Kier molecular flexibility index (Phi) is 11.1. The second-order valence-corrected chi connectivity index (χ2v) is 12.4. The van der Waals surface area contributed by atoms with Crippen LogP contribution in [0.3, 0.4) is 0 Å². The molecule has 3 heterocycles. The molecule has 1 atom stereocenters. The molecule has 0 amide bonds. The average molecular weight is 731 g/mol. The van der Waals surface area contributed by atoms with E-state index in [1.807, 2.05) is 44.2 Å². The van der Waals surface area contributed by atoms with E-state index in [-0.39, 0.29) is 37.7 Å². The van der Waals surface area contributed by atoms with E-state index in [9.17, 15) is 14.4 Å². The molecule has 3 aromatic carbocycles. The van der Waals surface area contributed by atoms with Crippen LogP contribution in [0.4, 0.5) is 0 Å². The minimum absolute atomic E-state index is 0.135. The predicted octanol–water partition coefficient (Wildman–Crippen LogP) is 4.46. The fraction of sp³-hybridized carbons (Fsp3) is 0.316. The number of hydrogen-bond donors (Lipinski definition) is 0. The Bertz CT molecular complexity index is 2200. The lowest BCUT2D eigenvalue weighted by molar-refractivity contribution is -0.143. The minimum atomic E-state index is -0.891. The van der Waals surface area contributed by atoms with Crippen LogP contribution >= 0.6 is 11.3 Å². The lowest BCUT2D eigenvalue weighted by Crippen LogP contribution is -2.40. The molecule has 14 heteroatoms. The number of carbonyl (C=O) groups excluding carboxylic acids is 2. The largest absolute Gasteiger partial charge is 0.490 e. The molecular formula is C38H38N2O11S. The summed E-state index contributed by atoms with van der Waals surface area (Å²) >= 11 is 1.20. The van der Waals surface area contributed by atoms with Gasteiger partial charge in [-0.05, 0) is 86.9 Å². The summed E-state index contributed by atoms with van der Waals surface area (Å²) in [6.45, 7) is 8.09. The van der Waals surface area contributed by atoms with Crippen molar-refractivity contribution in [1.82, 2.24) is 4.57 Å². The maximum absolute atomic E-state index is 14.3. The first-order chi connectivity index (χ1) is 25.2. The lowest BCUT2D eigenvalue weighted by atomic mass is 9.95. The van der Waals surface area contributed by atoms with E-state index in [1.165, 1.54) is 23.0 Å². The van der Waals surface area contributed by atoms with Crippen molar-refractivity contribution in [2.45, 2.75) is 40.3 Å². The van der Waals surface area contributed by atoms with Crippen molar-refractivity contribution in [3.05, 3.63) is 102 Å². The number of nitrogens with zero attached hydrogens (tertiary/aromatic N) is 2. The topological polar surface area (TPSA) is 142 Å². The van der Waals surface area contributed by atoms with Gasteiger partial charge in [0.15, 0.2) is 45.9 Å². The first-order valence-electron chi connectivity index (χ1n) is 16.7. The third-order valence-electron chi connectivity index (χ3n) is 8.07. The van der Waals surface area contributed by atoms with Gasteiger partial charge in [-0.3, -0.25) is 9.36 Å². The quantitative estimate of drug-likeness (QED) is 0.170. The third kappa shape index (κ3) is 7.61. The SMILES string of the molecule is CCOC(=O)C1=C(C)N=c2s/c(=C\c3ccc(OCc4ccc5c(c4)OCO5)c(OCC)c3)c(=O)n2[C@H]1c1ccc(OCC(=O)OC)c(OCC)c1. The molecular weight excluding hydrogens is 692 g/mol. The number of fused-ring (bicyclic) bond motifs is 2. The van der Waals surface area contributed by atoms with Gasteiger partial charge in [0.25, 0.3) is 5.56 Å². The van der Waals surface area contributed by atoms with E-state index >= 15 is 0 Å². The number of benzene rings is 3. The molecule has 0 unspecified atom stereocenters. The van der Waals surface area contributed by atoms with Crippen molar-refractivity contribution in [3.63, 3.8) is 0 Å². The number of esters is 2. The normalized spacial score (nSPS) is 14.7. The summed E-state index contributed by atoms with van der Waals surface area (Å²) in [6.07, 6.45) is 1.75. The summed E-state index contributed by atoms with van der Waals surface area (Å²) in [6, 6.07) is 15.2. The molecule has 52 heavy (non-hydrogen) atoms. The van der Waals surface area contributed by atoms with Crippen molar-refractivity contribution in [2.24, 2.45) is 4.99 Å². The minimum Gasteiger partial charge on any atom is -0.490 e. The van der Waals surface area contributed by atoms with Crippen LogP contribution in [-0.2, 0) is 25.7 Å². The molecule has 0 N–H and O–H groups in total. The molecule has 0 saturated carbocycles. The van der Waals surface area contributed by atoms with Gasteiger partial charge in [0.2, 0.25) is 6.79 Å². The number of ether oxygens (including phenoxy) is 8. The van der Waals surface area contributed by atoms with E-state index in [0.29, 0.717) is 73.9 Å². The molecule has 1 aromatic heterocycles. The molecule has 2 aliphatic heterocycles. The Hall–Kier alpha value is -5.76. The second-order valence-electron chi connectivity index (χ2n) is 11.4. The Labute approximate surface area is 303 Å².